The van der Waals surface area contributed by atoms with E-state index in [1.54, 1.807) is 13.2 Å². The molecule has 0 aromatic carbocycles. The number of hydrogen-bond acceptors (Lipinski definition) is 6. The van der Waals surface area contributed by atoms with Crippen LogP contribution >= 0.6 is 0 Å². The van der Waals surface area contributed by atoms with Crippen LogP contribution < -0.4 is 15.0 Å². The molecule has 5 rings (SSSR count). The van der Waals surface area contributed by atoms with Gasteiger partial charge in [0.15, 0.2) is 23.8 Å². The highest BCUT2D eigenvalue weighted by Crippen LogP contribution is 2.33. The van der Waals surface area contributed by atoms with Gasteiger partial charge in [-0.2, -0.15) is 0 Å². The van der Waals surface area contributed by atoms with Crippen LogP contribution in [0.15, 0.2) is 24.7 Å². The molecule has 0 spiro atoms. The SMILES string of the molecule is Cc1cc(Nc2cnc3c(c2)OCC(=O)N3C)nc2c1ncn2CC1CC1. The van der Waals surface area contributed by atoms with Crippen LogP contribution in [0, 0.1) is 12.8 Å². The number of carbonyl (C=O) groups is 1. The molecule has 3 aromatic heterocycles. The van der Waals surface area contributed by atoms with Crippen LogP contribution in [0.25, 0.3) is 11.2 Å². The molecule has 0 bridgehead atoms. The van der Waals surface area contributed by atoms with Crippen LogP contribution in [0.5, 0.6) is 5.75 Å². The van der Waals surface area contributed by atoms with Crippen molar-refractivity contribution in [2.45, 2.75) is 26.3 Å². The minimum Gasteiger partial charge on any atom is -0.480 e. The quantitative estimate of drug-likeness (QED) is 0.766. The zero-order valence-electron chi connectivity index (χ0n) is 15.3. The van der Waals surface area contributed by atoms with E-state index < -0.39 is 0 Å². The first-order valence-corrected chi connectivity index (χ1v) is 9.07. The van der Waals surface area contributed by atoms with Gasteiger partial charge < -0.3 is 14.6 Å². The topological polar surface area (TPSA) is 85.2 Å². The van der Waals surface area contributed by atoms with Gasteiger partial charge in [0.05, 0.1) is 18.2 Å². The van der Waals surface area contributed by atoms with E-state index in [1.807, 2.05) is 25.4 Å². The second-order valence-electron chi connectivity index (χ2n) is 7.25. The lowest BCUT2D eigenvalue weighted by molar-refractivity contribution is -0.121. The van der Waals surface area contributed by atoms with Crippen LogP contribution in [-0.4, -0.2) is 39.1 Å². The van der Waals surface area contributed by atoms with Crippen molar-refractivity contribution in [1.29, 1.82) is 0 Å². The number of imidazole rings is 1. The van der Waals surface area contributed by atoms with Gasteiger partial charge in [-0.1, -0.05) is 0 Å². The maximum absolute atomic E-state index is 11.7. The summed E-state index contributed by atoms with van der Waals surface area (Å²) < 4.78 is 7.65. The van der Waals surface area contributed by atoms with Gasteiger partial charge in [-0.3, -0.25) is 9.69 Å². The van der Waals surface area contributed by atoms with E-state index in [-0.39, 0.29) is 12.5 Å². The average molecular weight is 364 g/mol. The summed E-state index contributed by atoms with van der Waals surface area (Å²) in [6.07, 6.45) is 6.14. The van der Waals surface area contributed by atoms with Gasteiger partial charge in [-0.15, -0.1) is 0 Å². The molecular weight excluding hydrogens is 344 g/mol. The Labute approximate surface area is 156 Å². The number of carbonyl (C=O) groups excluding carboxylic acids is 1. The number of ether oxygens (including phenoxy) is 1. The zero-order valence-corrected chi connectivity index (χ0v) is 15.3. The van der Waals surface area contributed by atoms with Crippen LogP contribution in [0.4, 0.5) is 17.3 Å². The molecule has 1 fully saturated rings. The molecule has 0 unspecified atom stereocenters. The number of amides is 1. The molecule has 0 saturated heterocycles. The number of pyridine rings is 2. The Morgan fingerprint density at radius 2 is 2.15 bits per heavy atom. The van der Waals surface area contributed by atoms with Crippen molar-refractivity contribution in [3.05, 3.63) is 30.2 Å². The molecule has 1 aliphatic carbocycles. The largest absolute Gasteiger partial charge is 0.480 e. The van der Waals surface area contributed by atoms with Crippen molar-refractivity contribution < 1.29 is 9.53 Å². The number of rotatable bonds is 4. The summed E-state index contributed by atoms with van der Waals surface area (Å²) in [6, 6.07) is 3.82. The average Bonchev–Trinajstić information content (AvgIpc) is 3.38. The van der Waals surface area contributed by atoms with Crippen molar-refractivity contribution in [2.75, 3.05) is 23.9 Å². The highest BCUT2D eigenvalue weighted by molar-refractivity contribution is 5.96. The first-order chi connectivity index (χ1) is 13.1. The Morgan fingerprint density at radius 3 is 2.96 bits per heavy atom. The monoisotopic (exact) mass is 364 g/mol. The van der Waals surface area contributed by atoms with E-state index in [9.17, 15) is 4.79 Å². The predicted octanol–water partition coefficient (Wildman–Crippen LogP) is 2.64. The normalized spacial score (nSPS) is 16.4. The van der Waals surface area contributed by atoms with Gasteiger partial charge in [-0.25, -0.2) is 15.0 Å². The number of likely N-dealkylation sites (N-methyl/N-ethyl adjacent to an activating group) is 1. The first kappa shape index (κ1) is 16.0. The first-order valence-electron chi connectivity index (χ1n) is 9.07. The molecule has 2 aliphatic rings. The summed E-state index contributed by atoms with van der Waals surface area (Å²) in [4.78, 5) is 26.9. The molecule has 1 saturated carbocycles. The molecule has 0 radical (unpaired) electrons. The van der Waals surface area contributed by atoms with E-state index in [0.29, 0.717) is 11.6 Å². The number of aryl methyl sites for hydroxylation is 1. The number of fused-ring (bicyclic) bond motifs is 2. The number of nitrogens with one attached hydrogen (secondary N) is 1. The lowest BCUT2D eigenvalue weighted by Gasteiger charge is -2.24. The summed E-state index contributed by atoms with van der Waals surface area (Å²) in [6.45, 7) is 3.04. The molecule has 3 aromatic rings. The third-order valence-electron chi connectivity index (χ3n) is 5.06. The molecule has 1 amide bonds. The number of nitrogens with zero attached hydrogens (tertiary/aromatic N) is 5. The molecule has 27 heavy (non-hydrogen) atoms. The van der Waals surface area contributed by atoms with E-state index in [2.05, 4.69) is 19.9 Å². The van der Waals surface area contributed by atoms with Crippen LogP contribution in [0.2, 0.25) is 0 Å². The molecule has 1 N–H and O–H groups in total. The van der Waals surface area contributed by atoms with Crippen LogP contribution in [0.3, 0.4) is 0 Å². The van der Waals surface area contributed by atoms with Crippen molar-refractivity contribution in [1.82, 2.24) is 19.5 Å². The summed E-state index contributed by atoms with van der Waals surface area (Å²) >= 11 is 0. The molecule has 8 nitrogen and oxygen atoms in total. The van der Waals surface area contributed by atoms with E-state index in [0.717, 1.165) is 40.7 Å². The maximum atomic E-state index is 11.7. The Bertz CT molecular complexity index is 1060. The Hall–Kier alpha value is -3.16. The van der Waals surface area contributed by atoms with Gasteiger partial charge in [-0.05, 0) is 37.3 Å². The second-order valence-corrected chi connectivity index (χ2v) is 7.25. The molecule has 1 aliphatic heterocycles. The van der Waals surface area contributed by atoms with Crippen molar-refractivity contribution >= 4 is 34.4 Å². The Balaban J connectivity index is 1.46. The fourth-order valence-electron chi connectivity index (χ4n) is 3.33. The predicted molar refractivity (Wildman–Crippen MR) is 101 cm³/mol. The van der Waals surface area contributed by atoms with E-state index >= 15 is 0 Å². The third-order valence-corrected chi connectivity index (χ3v) is 5.06. The van der Waals surface area contributed by atoms with Crippen LogP contribution in [0.1, 0.15) is 18.4 Å². The minimum absolute atomic E-state index is 0.0261. The summed E-state index contributed by atoms with van der Waals surface area (Å²) in [7, 11) is 1.70. The van der Waals surface area contributed by atoms with Gasteiger partial charge in [0, 0.05) is 19.7 Å². The van der Waals surface area contributed by atoms with Gasteiger partial charge in [0.2, 0.25) is 0 Å². The minimum atomic E-state index is -0.109. The summed E-state index contributed by atoms with van der Waals surface area (Å²) in [5.41, 5.74) is 3.67. The van der Waals surface area contributed by atoms with Crippen LogP contribution in [-0.2, 0) is 11.3 Å². The smallest absolute Gasteiger partial charge is 0.265 e. The Kier molecular flexibility index (Phi) is 3.53. The lowest BCUT2D eigenvalue weighted by atomic mass is 10.2. The third kappa shape index (κ3) is 2.87. The second kappa shape index (κ2) is 5.94. The number of hydrogen-bond donors (Lipinski definition) is 1. The number of anilines is 3. The zero-order chi connectivity index (χ0) is 18.5. The highest BCUT2D eigenvalue weighted by Gasteiger charge is 2.24. The van der Waals surface area contributed by atoms with Gasteiger partial charge in [0.25, 0.3) is 5.91 Å². The molecular formula is C19H20N6O2. The molecule has 138 valence electrons. The fourth-order valence-corrected chi connectivity index (χ4v) is 3.33. The summed E-state index contributed by atoms with van der Waals surface area (Å²) in [5.74, 6) is 2.49. The van der Waals surface area contributed by atoms with Crippen molar-refractivity contribution in [3.8, 4) is 5.75 Å². The summed E-state index contributed by atoms with van der Waals surface area (Å²) in [5, 5.41) is 3.30. The Morgan fingerprint density at radius 1 is 1.30 bits per heavy atom. The van der Waals surface area contributed by atoms with Gasteiger partial charge >= 0.3 is 0 Å². The van der Waals surface area contributed by atoms with E-state index in [1.165, 1.54) is 17.7 Å². The number of aromatic nitrogens is 4. The van der Waals surface area contributed by atoms with E-state index in [4.69, 9.17) is 9.72 Å². The maximum Gasteiger partial charge on any atom is 0.265 e. The lowest BCUT2D eigenvalue weighted by Crippen LogP contribution is -2.36. The van der Waals surface area contributed by atoms with Gasteiger partial charge in [0.1, 0.15) is 11.3 Å². The molecule has 4 heterocycles. The van der Waals surface area contributed by atoms with Crippen molar-refractivity contribution in [2.24, 2.45) is 5.92 Å². The highest BCUT2D eigenvalue weighted by atomic mass is 16.5. The fraction of sp³-hybridized carbons (Fsp3) is 0.368. The van der Waals surface area contributed by atoms with Crippen molar-refractivity contribution in [3.63, 3.8) is 0 Å². The molecule has 0 atom stereocenters. The standard InChI is InChI=1S/C19H20N6O2/c1-11-5-15(23-19-17(11)21-10-25(19)8-12-3-4-12)22-13-6-14-18(20-7-13)24(2)16(26)9-27-14/h5-7,10,12H,3-4,8-9H2,1-2H3,(H,22,23). The molecule has 8 heteroatoms.